The van der Waals surface area contributed by atoms with Crippen LogP contribution in [0.5, 0.6) is 0 Å². The number of hydrogen-bond acceptors (Lipinski definition) is 5. The molecule has 0 unspecified atom stereocenters. The van der Waals surface area contributed by atoms with E-state index >= 15 is 0 Å². The molecule has 1 aromatic carbocycles. The van der Waals surface area contributed by atoms with Gasteiger partial charge in [0.15, 0.2) is 0 Å². The predicted molar refractivity (Wildman–Crippen MR) is 77.6 cm³/mol. The number of halogens is 1. The third-order valence-electron chi connectivity index (χ3n) is 2.92. The number of aromatic nitrogens is 2. The van der Waals surface area contributed by atoms with E-state index in [1.165, 1.54) is 6.33 Å². The summed E-state index contributed by atoms with van der Waals surface area (Å²) in [6, 6.07) is 7.61. The van der Waals surface area contributed by atoms with Crippen LogP contribution in [0.25, 0.3) is 0 Å². The van der Waals surface area contributed by atoms with Crippen LogP contribution in [0.15, 0.2) is 30.6 Å². The highest BCUT2D eigenvalue weighted by Gasteiger charge is 2.26. The Kier molecular flexibility index (Phi) is 4.14. The second-order valence-corrected chi connectivity index (χ2v) is 4.48. The Morgan fingerprint density at radius 1 is 1.35 bits per heavy atom. The van der Waals surface area contributed by atoms with Gasteiger partial charge < -0.3 is 4.90 Å². The summed E-state index contributed by atoms with van der Waals surface area (Å²) in [6.45, 7) is 4.36. The van der Waals surface area contributed by atoms with E-state index in [0.29, 0.717) is 6.54 Å². The summed E-state index contributed by atoms with van der Waals surface area (Å²) < 4.78 is 0. The van der Waals surface area contributed by atoms with E-state index in [0.717, 1.165) is 11.3 Å². The van der Waals surface area contributed by atoms with Gasteiger partial charge in [-0.15, -0.1) is 0 Å². The number of rotatable bonds is 4. The highest BCUT2D eigenvalue weighted by Crippen LogP contribution is 2.36. The molecule has 0 saturated carbocycles. The molecular formula is C13H13ClN4O2. The van der Waals surface area contributed by atoms with Gasteiger partial charge in [-0.05, 0) is 25.5 Å². The number of hydrogen-bond donors (Lipinski definition) is 0. The van der Waals surface area contributed by atoms with E-state index in [2.05, 4.69) is 9.97 Å². The van der Waals surface area contributed by atoms with E-state index in [-0.39, 0.29) is 16.7 Å². The Bertz CT molecular complexity index is 648. The number of benzene rings is 1. The first kappa shape index (κ1) is 14.2. The molecule has 0 N–H and O–H groups in total. The summed E-state index contributed by atoms with van der Waals surface area (Å²) in [5.74, 6) is 0.201. The van der Waals surface area contributed by atoms with Gasteiger partial charge in [-0.2, -0.15) is 0 Å². The van der Waals surface area contributed by atoms with Crippen molar-refractivity contribution in [3.63, 3.8) is 0 Å². The molecule has 0 spiro atoms. The van der Waals surface area contributed by atoms with Gasteiger partial charge in [0.25, 0.3) is 0 Å². The molecule has 104 valence electrons. The van der Waals surface area contributed by atoms with Crippen molar-refractivity contribution in [2.24, 2.45) is 0 Å². The van der Waals surface area contributed by atoms with E-state index in [1.54, 1.807) is 4.90 Å². The van der Waals surface area contributed by atoms with Gasteiger partial charge in [0.1, 0.15) is 6.33 Å². The first-order valence-electron chi connectivity index (χ1n) is 6.04. The van der Waals surface area contributed by atoms with Crippen molar-refractivity contribution in [1.29, 1.82) is 0 Å². The van der Waals surface area contributed by atoms with Crippen molar-refractivity contribution in [2.45, 2.75) is 13.8 Å². The van der Waals surface area contributed by atoms with Crippen molar-refractivity contribution in [1.82, 2.24) is 9.97 Å². The molecular weight excluding hydrogens is 280 g/mol. The number of anilines is 2. The standard InChI is InChI=1S/C13H13ClN4O2/c1-3-17(10-7-5-4-6-9(10)2)13-11(18(19)20)12(14)15-8-16-13/h4-8H,3H2,1-2H3. The summed E-state index contributed by atoms with van der Waals surface area (Å²) in [5, 5.41) is 11.0. The smallest absolute Gasteiger partial charge is 0.321 e. The van der Waals surface area contributed by atoms with E-state index < -0.39 is 4.92 Å². The van der Waals surface area contributed by atoms with Gasteiger partial charge in [-0.25, -0.2) is 9.97 Å². The SMILES string of the molecule is CCN(c1ccccc1C)c1ncnc(Cl)c1[N+](=O)[O-]. The highest BCUT2D eigenvalue weighted by atomic mass is 35.5. The van der Waals surface area contributed by atoms with Gasteiger partial charge in [-0.1, -0.05) is 29.8 Å². The topological polar surface area (TPSA) is 72.2 Å². The lowest BCUT2D eigenvalue weighted by molar-refractivity contribution is -0.384. The third-order valence-corrected chi connectivity index (χ3v) is 3.20. The minimum atomic E-state index is -0.557. The number of aryl methyl sites for hydroxylation is 1. The maximum atomic E-state index is 11.2. The predicted octanol–water partition coefficient (Wildman–Crippen LogP) is 3.50. The van der Waals surface area contributed by atoms with Crippen LogP contribution in [-0.4, -0.2) is 21.4 Å². The zero-order chi connectivity index (χ0) is 14.7. The van der Waals surface area contributed by atoms with Crippen LogP contribution in [0.2, 0.25) is 5.15 Å². The van der Waals surface area contributed by atoms with Crippen LogP contribution >= 0.6 is 11.6 Å². The van der Waals surface area contributed by atoms with E-state index in [4.69, 9.17) is 11.6 Å². The van der Waals surface area contributed by atoms with Gasteiger partial charge in [0.2, 0.25) is 11.0 Å². The molecule has 6 nitrogen and oxygen atoms in total. The third kappa shape index (κ3) is 2.55. The minimum Gasteiger partial charge on any atom is -0.321 e. The van der Waals surface area contributed by atoms with Crippen molar-refractivity contribution < 1.29 is 4.92 Å². The average molecular weight is 293 g/mol. The van der Waals surface area contributed by atoms with Crippen molar-refractivity contribution in [3.05, 3.63) is 51.4 Å². The monoisotopic (exact) mass is 292 g/mol. The Morgan fingerprint density at radius 3 is 2.65 bits per heavy atom. The van der Waals surface area contributed by atoms with E-state index in [9.17, 15) is 10.1 Å². The normalized spacial score (nSPS) is 10.3. The minimum absolute atomic E-state index is 0.160. The highest BCUT2D eigenvalue weighted by molar-refractivity contribution is 6.31. The molecule has 2 rings (SSSR count). The van der Waals surface area contributed by atoms with Crippen LogP contribution in [0.4, 0.5) is 17.2 Å². The molecule has 0 bridgehead atoms. The van der Waals surface area contributed by atoms with Gasteiger partial charge in [-0.3, -0.25) is 10.1 Å². The maximum Gasteiger partial charge on any atom is 0.348 e. The van der Waals surface area contributed by atoms with Crippen LogP contribution in [-0.2, 0) is 0 Å². The molecule has 2 aromatic rings. The summed E-state index contributed by atoms with van der Waals surface area (Å²) in [4.78, 5) is 20.1. The van der Waals surface area contributed by atoms with Crippen molar-refractivity contribution >= 4 is 28.8 Å². The lowest BCUT2D eigenvalue weighted by Crippen LogP contribution is -2.20. The molecule has 0 amide bonds. The molecule has 20 heavy (non-hydrogen) atoms. The second kappa shape index (κ2) is 5.83. The summed E-state index contributed by atoms with van der Waals surface area (Å²) in [6.07, 6.45) is 1.23. The fourth-order valence-corrected chi connectivity index (χ4v) is 2.20. The Hall–Kier alpha value is -2.21. The van der Waals surface area contributed by atoms with E-state index in [1.807, 2.05) is 38.1 Å². The molecule has 0 aliphatic heterocycles. The number of nitrogens with zero attached hydrogens (tertiary/aromatic N) is 4. The van der Waals surface area contributed by atoms with Crippen LogP contribution in [0.3, 0.4) is 0 Å². The lowest BCUT2D eigenvalue weighted by Gasteiger charge is -2.23. The van der Waals surface area contributed by atoms with Crippen LogP contribution in [0.1, 0.15) is 12.5 Å². The summed E-state index contributed by atoms with van der Waals surface area (Å²) in [5.41, 5.74) is 1.57. The van der Waals surface area contributed by atoms with Gasteiger partial charge >= 0.3 is 5.69 Å². The number of para-hydroxylation sites is 1. The van der Waals surface area contributed by atoms with Gasteiger partial charge in [0, 0.05) is 12.2 Å². The summed E-state index contributed by atoms with van der Waals surface area (Å²) >= 11 is 5.83. The second-order valence-electron chi connectivity index (χ2n) is 4.12. The van der Waals surface area contributed by atoms with Crippen LogP contribution in [0, 0.1) is 17.0 Å². The fraction of sp³-hybridized carbons (Fsp3) is 0.231. The zero-order valence-electron chi connectivity index (χ0n) is 11.1. The van der Waals surface area contributed by atoms with Crippen molar-refractivity contribution in [2.75, 3.05) is 11.4 Å². The Balaban J connectivity index is 2.62. The van der Waals surface area contributed by atoms with Gasteiger partial charge in [0.05, 0.1) is 4.92 Å². The molecule has 0 fully saturated rings. The average Bonchev–Trinajstić information content (AvgIpc) is 2.41. The molecule has 0 atom stereocenters. The maximum absolute atomic E-state index is 11.2. The first-order valence-corrected chi connectivity index (χ1v) is 6.42. The molecule has 0 saturated heterocycles. The molecule has 1 aromatic heterocycles. The lowest BCUT2D eigenvalue weighted by atomic mass is 10.2. The Morgan fingerprint density at radius 2 is 2.05 bits per heavy atom. The quantitative estimate of drug-likeness (QED) is 0.490. The summed E-state index contributed by atoms with van der Waals surface area (Å²) in [7, 11) is 0. The molecule has 0 aliphatic carbocycles. The number of nitro groups is 1. The largest absolute Gasteiger partial charge is 0.348 e. The molecule has 7 heteroatoms. The Labute approximate surface area is 121 Å². The fourth-order valence-electron chi connectivity index (χ4n) is 2.00. The van der Waals surface area contributed by atoms with Crippen LogP contribution < -0.4 is 4.90 Å². The zero-order valence-corrected chi connectivity index (χ0v) is 11.8. The molecule has 1 heterocycles. The molecule has 0 radical (unpaired) electrons. The molecule has 0 aliphatic rings. The van der Waals surface area contributed by atoms with Crippen molar-refractivity contribution in [3.8, 4) is 0 Å². The first-order chi connectivity index (χ1) is 9.56.